The molecule has 3 aromatic rings. The number of para-hydroxylation sites is 2. The summed E-state index contributed by atoms with van der Waals surface area (Å²) in [6.45, 7) is 2.80. The highest BCUT2D eigenvalue weighted by Gasteiger charge is 2.32. The van der Waals surface area contributed by atoms with E-state index in [1.807, 2.05) is 83.8 Å². The molecule has 38 heavy (non-hydrogen) atoms. The summed E-state index contributed by atoms with van der Waals surface area (Å²) in [6.07, 6.45) is 0.410. The van der Waals surface area contributed by atoms with Crippen molar-refractivity contribution in [3.8, 4) is 11.5 Å². The van der Waals surface area contributed by atoms with Gasteiger partial charge in [-0.3, -0.25) is 9.59 Å². The van der Waals surface area contributed by atoms with Gasteiger partial charge in [0.1, 0.15) is 11.5 Å². The molecule has 4 rings (SSSR count). The van der Waals surface area contributed by atoms with E-state index in [4.69, 9.17) is 4.74 Å². The van der Waals surface area contributed by atoms with Crippen molar-refractivity contribution in [2.24, 2.45) is 0 Å². The Morgan fingerprint density at radius 3 is 2.21 bits per heavy atom. The molecule has 8 heteroatoms. The first kappa shape index (κ1) is 26.7. The molecule has 3 aromatic carbocycles. The Balaban J connectivity index is 1.45. The molecule has 1 atom stereocenters. The summed E-state index contributed by atoms with van der Waals surface area (Å²) >= 11 is 0. The highest BCUT2D eigenvalue weighted by molar-refractivity contribution is 5.77. The van der Waals surface area contributed by atoms with Gasteiger partial charge < -0.3 is 25.0 Å². The molecule has 1 heterocycles. The van der Waals surface area contributed by atoms with E-state index < -0.39 is 6.09 Å². The molecule has 8 nitrogen and oxygen atoms in total. The highest BCUT2D eigenvalue weighted by atomic mass is 16.5. The van der Waals surface area contributed by atoms with E-state index in [2.05, 4.69) is 5.32 Å². The molecule has 0 saturated carbocycles. The Hall–Kier alpha value is -4.33. The number of benzene rings is 3. The van der Waals surface area contributed by atoms with Gasteiger partial charge in [-0.25, -0.2) is 4.79 Å². The Morgan fingerprint density at radius 2 is 1.53 bits per heavy atom. The average Bonchev–Trinajstić information content (AvgIpc) is 2.92. The first-order chi connectivity index (χ1) is 18.4. The molecule has 1 aliphatic heterocycles. The third-order valence-electron chi connectivity index (χ3n) is 6.69. The Bertz CT molecular complexity index is 1260. The fourth-order valence-electron chi connectivity index (χ4n) is 4.70. The molecule has 1 fully saturated rings. The van der Waals surface area contributed by atoms with E-state index in [1.54, 1.807) is 0 Å². The number of aryl methyl sites for hydroxylation is 1. The number of ether oxygens (including phenoxy) is 1. The molecular weight excluding hydrogens is 482 g/mol. The fourth-order valence-corrected chi connectivity index (χ4v) is 4.70. The van der Waals surface area contributed by atoms with Gasteiger partial charge >= 0.3 is 6.09 Å². The molecule has 0 bridgehead atoms. The van der Waals surface area contributed by atoms with Crippen LogP contribution >= 0.6 is 0 Å². The number of rotatable bonds is 9. The quantitative estimate of drug-likeness (QED) is 0.438. The van der Waals surface area contributed by atoms with Gasteiger partial charge in [0.05, 0.1) is 6.04 Å². The molecule has 2 N–H and O–H groups in total. The number of carbonyl (C=O) groups is 3. The van der Waals surface area contributed by atoms with Gasteiger partial charge in [-0.2, -0.15) is 0 Å². The van der Waals surface area contributed by atoms with E-state index in [9.17, 15) is 19.5 Å². The molecule has 1 saturated heterocycles. The third kappa shape index (κ3) is 7.12. The summed E-state index contributed by atoms with van der Waals surface area (Å²) in [5.41, 5.74) is 2.83. The lowest BCUT2D eigenvalue weighted by atomic mass is 10.0. The van der Waals surface area contributed by atoms with Crippen LogP contribution in [0, 0.1) is 0 Å². The summed E-state index contributed by atoms with van der Waals surface area (Å²) in [5.74, 6) is 1.19. The normalized spacial score (nSPS) is 15.1. The van der Waals surface area contributed by atoms with Crippen LogP contribution in [0.3, 0.4) is 0 Å². The zero-order valence-electron chi connectivity index (χ0n) is 21.5. The average molecular weight is 516 g/mol. The Morgan fingerprint density at radius 1 is 0.895 bits per heavy atom. The first-order valence-corrected chi connectivity index (χ1v) is 12.8. The van der Waals surface area contributed by atoms with Crippen LogP contribution in [0.15, 0.2) is 78.9 Å². The summed E-state index contributed by atoms with van der Waals surface area (Å²) in [6, 6.07) is 24.8. The number of piperazine rings is 1. The minimum atomic E-state index is -0.958. The lowest BCUT2D eigenvalue weighted by molar-refractivity contribution is -0.135. The standard InChI is InChI=1S/C30H33N3O5/c1-22(34)31-20-25-12-6-8-14-28(25)38-27-13-7-5-11-24(27)15-16-29(35)33-18-17-32(30(36)37)21-26(33)19-23-9-3-2-4-10-23/h2-14,26H,15-21H2,1H3,(H,31,34)(H,36,37). The number of hydrogen-bond donors (Lipinski definition) is 2. The number of carboxylic acid groups (broad SMARTS) is 1. The Labute approximate surface area is 222 Å². The van der Waals surface area contributed by atoms with Crippen LogP contribution in [0.2, 0.25) is 0 Å². The van der Waals surface area contributed by atoms with Crippen molar-refractivity contribution in [2.45, 2.75) is 38.8 Å². The van der Waals surface area contributed by atoms with Gasteiger partial charge in [-0.05, 0) is 36.1 Å². The van der Waals surface area contributed by atoms with Crippen molar-refractivity contribution in [3.05, 3.63) is 95.6 Å². The lowest BCUT2D eigenvalue weighted by Gasteiger charge is -2.40. The molecule has 0 radical (unpaired) electrons. The van der Waals surface area contributed by atoms with Gasteiger partial charge in [0.15, 0.2) is 0 Å². The second-order valence-corrected chi connectivity index (χ2v) is 9.39. The van der Waals surface area contributed by atoms with Crippen molar-refractivity contribution in [3.63, 3.8) is 0 Å². The minimum Gasteiger partial charge on any atom is -0.465 e. The third-order valence-corrected chi connectivity index (χ3v) is 6.69. The number of carbonyl (C=O) groups excluding carboxylic acids is 2. The predicted molar refractivity (Wildman–Crippen MR) is 144 cm³/mol. The Kier molecular flexibility index (Phi) is 8.98. The van der Waals surface area contributed by atoms with Gasteiger partial charge in [0.2, 0.25) is 11.8 Å². The van der Waals surface area contributed by atoms with Crippen molar-refractivity contribution < 1.29 is 24.2 Å². The van der Waals surface area contributed by atoms with Crippen LogP contribution < -0.4 is 10.1 Å². The second-order valence-electron chi connectivity index (χ2n) is 9.39. The van der Waals surface area contributed by atoms with Gasteiger partial charge in [0, 0.05) is 45.1 Å². The molecule has 198 valence electrons. The van der Waals surface area contributed by atoms with Crippen molar-refractivity contribution in [2.75, 3.05) is 19.6 Å². The largest absolute Gasteiger partial charge is 0.465 e. The van der Waals surface area contributed by atoms with Gasteiger partial charge in [0.25, 0.3) is 0 Å². The van der Waals surface area contributed by atoms with E-state index >= 15 is 0 Å². The van der Waals surface area contributed by atoms with Crippen LogP contribution in [0.4, 0.5) is 4.79 Å². The molecule has 1 aliphatic rings. The monoisotopic (exact) mass is 515 g/mol. The molecule has 0 aliphatic carbocycles. The highest BCUT2D eigenvalue weighted by Crippen LogP contribution is 2.29. The number of nitrogens with zero attached hydrogens (tertiary/aromatic N) is 2. The SMILES string of the molecule is CC(=O)NCc1ccccc1Oc1ccccc1CCC(=O)N1CCN(C(=O)O)CC1Cc1ccccc1. The maximum Gasteiger partial charge on any atom is 0.407 e. The summed E-state index contributed by atoms with van der Waals surface area (Å²) in [5, 5.41) is 12.3. The second kappa shape index (κ2) is 12.8. The van der Waals surface area contributed by atoms with Gasteiger partial charge in [-0.15, -0.1) is 0 Å². The smallest absolute Gasteiger partial charge is 0.407 e. The zero-order chi connectivity index (χ0) is 26.9. The molecule has 3 amide bonds. The first-order valence-electron chi connectivity index (χ1n) is 12.8. The number of nitrogens with one attached hydrogen (secondary N) is 1. The van der Waals surface area contributed by atoms with Crippen LogP contribution in [0.5, 0.6) is 11.5 Å². The molecule has 0 spiro atoms. The van der Waals surface area contributed by atoms with E-state index in [0.717, 1.165) is 16.7 Å². The number of amides is 3. The van der Waals surface area contributed by atoms with Crippen molar-refractivity contribution in [1.82, 2.24) is 15.1 Å². The molecule has 0 aromatic heterocycles. The molecule has 1 unspecified atom stereocenters. The van der Waals surface area contributed by atoms with Crippen LogP contribution in [-0.4, -0.2) is 58.5 Å². The minimum absolute atomic E-state index is 0.00293. The maximum atomic E-state index is 13.4. The fraction of sp³-hybridized carbons (Fsp3) is 0.300. The van der Waals surface area contributed by atoms with Crippen LogP contribution in [0.1, 0.15) is 30.0 Å². The van der Waals surface area contributed by atoms with Crippen molar-refractivity contribution in [1.29, 1.82) is 0 Å². The number of hydrogen-bond acceptors (Lipinski definition) is 4. The molecular formula is C30H33N3O5. The summed E-state index contributed by atoms with van der Waals surface area (Å²) in [7, 11) is 0. The summed E-state index contributed by atoms with van der Waals surface area (Å²) in [4.78, 5) is 39.6. The van der Waals surface area contributed by atoms with E-state index in [1.165, 1.54) is 11.8 Å². The van der Waals surface area contributed by atoms with Crippen LogP contribution in [0.25, 0.3) is 0 Å². The van der Waals surface area contributed by atoms with E-state index in [0.29, 0.717) is 50.5 Å². The van der Waals surface area contributed by atoms with Crippen molar-refractivity contribution >= 4 is 17.9 Å². The zero-order valence-corrected chi connectivity index (χ0v) is 21.5. The van der Waals surface area contributed by atoms with E-state index in [-0.39, 0.29) is 24.3 Å². The summed E-state index contributed by atoms with van der Waals surface area (Å²) < 4.78 is 6.24. The maximum absolute atomic E-state index is 13.4. The van der Waals surface area contributed by atoms with Gasteiger partial charge in [-0.1, -0.05) is 66.7 Å². The lowest BCUT2D eigenvalue weighted by Crippen LogP contribution is -2.57. The predicted octanol–water partition coefficient (Wildman–Crippen LogP) is 4.48. The van der Waals surface area contributed by atoms with Crippen LogP contribution in [-0.2, 0) is 29.0 Å². The topological polar surface area (TPSA) is 99.2 Å².